The van der Waals surface area contributed by atoms with E-state index in [1.54, 1.807) is 0 Å². The smallest absolute Gasteiger partial charge is 0.251 e. The van der Waals surface area contributed by atoms with Crippen molar-refractivity contribution in [1.29, 1.82) is 0 Å². The van der Waals surface area contributed by atoms with E-state index in [2.05, 4.69) is 61.0 Å². The minimum atomic E-state index is -0.0116. The Bertz CT molecular complexity index is 1250. The lowest BCUT2D eigenvalue weighted by atomic mass is 9.99. The van der Waals surface area contributed by atoms with Gasteiger partial charge in [-0.15, -0.1) is 0 Å². The average Bonchev–Trinajstić information content (AvgIpc) is 3.11. The largest absolute Gasteiger partial charge is 0.352 e. The lowest BCUT2D eigenvalue weighted by Gasteiger charge is -2.15. The summed E-state index contributed by atoms with van der Waals surface area (Å²) in [5.74, 6) is 1.05. The Kier molecular flexibility index (Phi) is 6.40. The van der Waals surface area contributed by atoms with Gasteiger partial charge in [0.1, 0.15) is 5.82 Å². The molecule has 0 aliphatic rings. The first kappa shape index (κ1) is 21.8. The van der Waals surface area contributed by atoms with Crippen LogP contribution >= 0.6 is 0 Å². The van der Waals surface area contributed by atoms with Gasteiger partial charge in [0, 0.05) is 25.1 Å². The monoisotopic (exact) mass is 425 g/mol. The highest BCUT2D eigenvalue weighted by atomic mass is 16.1. The summed E-state index contributed by atoms with van der Waals surface area (Å²) in [6.07, 6.45) is 1.65. The summed E-state index contributed by atoms with van der Waals surface area (Å²) in [7, 11) is 0. The van der Waals surface area contributed by atoms with Gasteiger partial charge >= 0.3 is 0 Å². The number of aromatic nitrogens is 2. The fourth-order valence-corrected chi connectivity index (χ4v) is 4.48. The molecule has 4 nitrogen and oxygen atoms in total. The first-order valence-corrected chi connectivity index (χ1v) is 11.3. The maximum Gasteiger partial charge on any atom is 0.251 e. The Morgan fingerprint density at radius 2 is 1.59 bits per heavy atom. The molecule has 1 heterocycles. The maximum absolute atomic E-state index is 12.5. The summed E-state index contributed by atoms with van der Waals surface area (Å²) in [6, 6.07) is 20.5. The van der Waals surface area contributed by atoms with Crippen molar-refractivity contribution in [2.24, 2.45) is 0 Å². The molecule has 0 atom stereocenters. The van der Waals surface area contributed by atoms with Crippen molar-refractivity contribution in [2.45, 2.75) is 47.1 Å². The second kappa shape index (κ2) is 9.39. The third kappa shape index (κ3) is 4.59. The number of carbonyl (C=O) groups excluding carboxylic acids is 1. The quantitative estimate of drug-likeness (QED) is 0.387. The van der Waals surface area contributed by atoms with Crippen molar-refractivity contribution < 1.29 is 4.79 Å². The van der Waals surface area contributed by atoms with E-state index >= 15 is 0 Å². The Morgan fingerprint density at radius 1 is 0.906 bits per heavy atom. The number of nitrogens with one attached hydrogen (secondary N) is 1. The fraction of sp³-hybridized carbons (Fsp3) is 0.286. The zero-order valence-electron chi connectivity index (χ0n) is 19.4. The molecule has 0 aliphatic carbocycles. The molecule has 1 amide bonds. The summed E-state index contributed by atoms with van der Waals surface area (Å²) in [5.41, 5.74) is 9.20. The van der Waals surface area contributed by atoms with Gasteiger partial charge < -0.3 is 9.88 Å². The first-order chi connectivity index (χ1) is 15.4. The van der Waals surface area contributed by atoms with E-state index in [-0.39, 0.29) is 5.91 Å². The van der Waals surface area contributed by atoms with Crippen LogP contribution in [0.3, 0.4) is 0 Å². The summed E-state index contributed by atoms with van der Waals surface area (Å²) >= 11 is 0. The fourth-order valence-electron chi connectivity index (χ4n) is 4.48. The number of hydrogen-bond donors (Lipinski definition) is 1. The molecule has 4 heteroatoms. The van der Waals surface area contributed by atoms with Crippen LogP contribution < -0.4 is 5.32 Å². The average molecular weight is 426 g/mol. The molecule has 0 saturated heterocycles. The van der Waals surface area contributed by atoms with Crippen molar-refractivity contribution in [2.75, 3.05) is 6.54 Å². The van der Waals surface area contributed by atoms with E-state index in [0.717, 1.165) is 47.4 Å². The van der Waals surface area contributed by atoms with Crippen LogP contribution in [0.4, 0.5) is 0 Å². The van der Waals surface area contributed by atoms with E-state index in [4.69, 9.17) is 4.98 Å². The van der Waals surface area contributed by atoms with Gasteiger partial charge in [0.2, 0.25) is 0 Å². The number of rotatable bonds is 7. The molecular weight excluding hydrogens is 394 g/mol. The predicted molar refractivity (Wildman–Crippen MR) is 131 cm³/mol. The van der Waals surface area contributed by atoms with Gasteiger partial charge in [0.05, 0.1) is 11.0 Å². The first-order valence-electron chi connectivity index (χ1n) is 11.3. The molecule has 32 heavy (non-hydrogen) atoms. The zero-order chi connectivity index (χ0) is 22.7. The second-order valence-corrected chi connectivity index (χ2v) is 8.65. The molecule has 0 aliphatic heterocycles. The van der Waals surface area contributed by atoms with Crippen molar-refractivity contribution in [3.05, 3.63) is 99.9 Å². The highest BCUT2D eigenvalue weighted by Gasteiger charge is 2.14. The van der Waals surface area contributed by atoms with Crippen LogP contribution in [-0.4, -0.2) is 22.0 Å². The molecule has 164 valence electrons. The van der Waals surface area contributed by atoms with Crippen molar-refractivity contribution >= 4 is 16.9 Å². The minimum absolute atomic E-state index is 0.0116. The Morgan fingerprint density at radius 3 is 2.34 bits per heavy atom. The van der Waals surface area contributed by atoms with E-state index in [1.807, 2.05) is 37.3 Å². The number of benzene rings is 3. The van der Waals surface area contributed by atoms with E-state index in [0.29, 0.717) is 6.54 Å². The van der Waals surface area contributed by atoms with Gasteiger partial charge in [0.25, 0.3) is 5.91 Å². The van der Waals surface area contributed by atoms with Gasteiger partial charge in [-0.05, 0) is 74.6 Å². The number of hydrogen-bond acceptors (Lipinski definition) is 2. The topological polar surface area (TPSA) is 46.9 Å². The van der Waals surface area contributed by atoms with E-state index in [9.17, 15) is 4.79 Å². The summed E-state index contributed by atoms with van der Waals surface area (Å²) < 4.78 is 2.34. The molecule has 4 rings (SSSR count). The van der Waals surface area contributed by atoms with Crippen LogP contribution in [0.15, 0.2) is 60.7 Å². The van der Waals surface area contributed by atoms with Crippen molar-refractivity contribution in [3.8, 4) is 0 Å². The third-order valence-corrected chi connectivity index (χ3v) is 6.14. The molecule has 0 radical (unpaired) electrons. The molecule has 0 fully saturated rings. The normalized spacial score (nSPS) is 11.1. The summed E-state index contributed by atoms with van der Waals surface area (Å²) in [6.45, 7) is 9.92. The molecule has 1 aromatic heterocycles. The number of fused-ring (bicyclic) bond motifs is 1. The summed E-state index contributed by atoms with van der Waals surface area (Å²) in [5, 5.41) is 3.06. The van der Waals surface area contributed by atoms with E-state index < -0.39 is 0 Å². The molecule has 0 bridgehead atoms. The number of carbonyl (C=O) groups is 1. The van der Waals surface area contributed by atoms with Crippen LogP contribution in [0.1, 0.15) is 50.4 Å². The van der Waals surface area contributed by atoms with Crippen LogP contribution in [0.5, 0.6) is 0 Å². The number of nitrogens with zero attached hydrogens (tertiary/aromatic N) is 2. The molecule has 0 saturated carbocycles. The number of aryl methyl sites for hydroxylation is 5. The molecule has 0 unspecified atom stereocenters. The maximum atomic E-state index is 12.5. The van der Waals surface area contributed by atoms with Gasteiger partial charge in [-0.1, -0.05) is 48.0 Å². The lowest BCUT2D eigenvalue weighted by molar-refractivity contribution is 0.0952. The van der Waals surface area contributed by atoms with Gasteiger partial charge in [0.15, 0.2) is 0 Å². The Labute approximate surface area is 190 Å². The van der Waals surface area contributed by atoms with Crippen molar-refractivity contribution in [3.63, 3.8) is 0 Å². The van der Waals surface area contributed by atoms with Crippen LogP contribution in [0.2, 0.25) is 0 Å². The van der Waals surface area contributed by atoms with Gasteiger partial charge in [-0.3, -0.25) is 4.79 Å². The third-order valence-electron chi connectivity index (χ3n) is 6.14. The zero-order valence-corrected chi connectivity index (χ0v) is 19.4. The molecular formula is C28H31N3O. The second-order valence-electron chi connectivity index (χ2n) is 8.65. The number of para-hydroxylation sites is 2. The van der Waals surface area contributed by atoms with Gasteiger partial charge in [-0.25, -0.2) is 4.98 Å². The number of imidazole rings is 1. The van der Waals surface area contributed by atoms with Crippen LogP contribution in [0.25, 0.3) is 11.0 Å². The number of amides is 1. The predicted octanol–water partition coefficient (Wildman–Crippen LogP) is 5.68. The Balaban J connectivity index is 1.51. The molecule has 4 aromatic rings. The molecule has 1 N–H and O–H groups in total. The minimum Gasteiger partial charge on any atom is -0.352 e. The van der Waals surface area contributed by atoms with Gasteiger partial charge in [-0.2, -0.15) is 0 Å². The van der Waals surface area contributed by atoms with E-state index in [1.165, 1.54) is 22.3 Å². The highest BCUT2D eigenvalue weighted by Crippen LogP contribution is 2.23. The molecule has 0 spiro atoms. The van der Waals surface area contributed by atoms with Crippen molar-refractivity contribution in [1.82, 2.24) is 14.9 Å². The highest BCUT2D eigenvalue weighted by molar-refractivity contribution is 5.95. The SMILES string of the molecule is Cc1cc(C)c(Cn2c(CCCNC(=O)c3ccccc3C)nc3ccccc32)c(C)c1. The lowest BCUT2D eigenvalue weighted by Crippen LogP contribution is -2.25. The van der Waals surface area contributed by atoms with Crippen LogP contribution in [0, 0.1) is 27.7 Å². The Hall–Kier alpha value is -3.40. The molecule has 3 aromatic carbocycles. The standard InChI is InChI=1S/C28H31N3O/c1-19-16-21(3)24(22(4)17-19)18-31-26-13-8-7-12-25(26)30-27(31)14-9-15-29-28(32)23-11-6-5-10-20(23)2/h5-8,10-13,16-17H,9,14-15,18H2,1-4H3,(H,29,32). The van der Waals surface area contributed by atoms with Crippen LogP contribution in [-0.2, 0) is 13.0 Å². The summed E-state index contributed by atoms with van der Waals surface area (Å²) in [4.78, 5) is 17.4.